The number of benzene rings is 2. The number of rotatable bonds is 14. The van der Waals surface area contributed by atoms with Crippen LogP contribution in [0, 0.1) is 10.1 Å². The van der Waals surface area contributed by atoms with Crippen molar-refractivity contribution in [3.8, 4) is 11.5 Å². The molecule has 2 rings (SSSR count). The molecule has 0 radical (unpaired) electrons. The van der Waals surface area contributed by atoms with Gasteiger partial charge >= 0.3 is 0 Å². The van der Waals surface area contributed by atoms with Crippen molar-refractivity contribution in [2.75, 3.05) is 6.61 Å². The van der Waals surface area contributed by atoms with Crippen LogP contribution in [0.4, 0.5) is 5.69 Å². The Labute approximate surface area is 167 Å². The lowest BCUT2D eigenvalue weighted by Gasteiger charge is -2.13. The first-order chi connectivity index (χ1) is 13.7. The van der Waals surface area contributed by atoms with E-state index in [2.05, 4.69) is 6.92 Å². The van der Waals surface area contributed by atoms with Gasteiger partial charge in [-0.1, -0.05) is 82.2 Å². The highest BCUT2D eigenvalue weighted by atomic mass is 16.6. The van der Waals surface area contributed by atoms with Crippen LogP contribution in [0.5, 0.6) is 11.5 Å². The first-order valence-electron chi connectivity index (χ1n) is 10.3. The second kappa shape index (κ2) is 12.8. The van der Waals surface area contributed by atoms with Gasteiger partial charge in [-0.25, -0.2) is 0 Å². The van der Waals surface area contributed by atoms with Gasteiger partial charge in [0.05, 0.1) is 17.6 Å². The van der Waals surface area contributed by atoms with Crippen LogP contribution < -0.4 is 9.47 Å². The highest BCUT2D eigenvalue weighted by Crippen LogP contribution is 2.32. The molecule has 0 saturated carbocycles. The molecule has 0 amide bonds. The topological polar surface area (TPSA) is 61.6 Å². The molecule has 0 unspecified atom stereocenters. The number of hydrogen-bond acceptors (Lipinski definition) is 4. The van der Waals surface area contributed by atoms with E-state index in [4.69, 9.17) is 9.47 Å². The molecule has 28 heavy (non-hydrogen) atoms. The van der Waals surface area contributed by atoms with Crippen LogP contribution in [0.2, 0.25) is 0 Å². The average Bonchev–Trinajstić information content (AvgIpc) is 2.72. The number of nitrogens with zero attached hydrogens (tertiary/aromatic N) is 1. The van der Waals surface area contributed by atoms with E-state index in [1.165, 1.54) is 50.7 Å². The van der Waals surface area contributed by atoms with Crippen LogP contribution in [0.1, 0.15) is 63.9 Å². The highest BCUT2D eigenvalue weighted by molar-refractivity contribution is 5.48. The van der Waals surface area contributed by atoms with Gasteiger partial charge in [-0.3, -0.25) is 10.1 Å². The second-order valence-corrected chi connectivity index (χ2v) is 6.99. The van der Waals surface area contributed by atoms with Crippen molar-refractivity contribution in [3.63, 3.8) is 0 Å². The Kier molecular flexibility index (Phi) is 9.91. The van der Waals surface area contributed by atoms with E-state index < -0.39 is 4.92 Å². The van der Waals surface area contributed by atoms with Gasteiger partial charge in [-0.05, 0) is 18.1 Å². The second-order valence-electron chi connectivity index (χ2n) is 6.99. The van der Waals surface area contributed by atoms with E-state index in [1.54, 1.807) is 6.07 Å². The molecule has 0 atom stereocenters. The predicted octanol–water partition coefficient (Wildman–Crippen LogP) is 6.69. The molecule has 0 fully saturated rings. The Morgan fingerprint density at radius 2 is 1.50 bits per heavy atom. The minimum absolute atomic E-state index is 0.00231. The highest BCUT2D eigenvalue weighted by Gasteiger charge is 2.13. The summed E-state index contributed by atoms with van der Waals surface area (Å²) in [7, 11) is 0. The van der Waals surface area contributed by atoms with E-state index >= 15 is 0 Å². The Morgan fingerprint density at radius 1 is 0.821 bits per heavy atom. The third-order valence-corrected chi connectivity index (χ3v) is 4.63. The smallest absolute Gasteiger partial charge is 0.273 e. The fourth-order valence-corrected chi connectivity index (χ4v) is 3.00. The van der Waals surface area contributed by atoms with Gasteiger partial charge in [-0.2, -0.15) is 0 Å². The van der Waals surface area contributed by atoms with Gasteiger partial charge in [0.1, 0.15) is 6.61 Å². The van der Waals surface area contributed by atoms with Crippen molar-refractivity contribution in [2.24, 2.45) is 0 Å². The number of non-ortho nitro benzene ring substituents is 1. The Hall–Kier alpha value is -2.56. The number of unbranched alkanes of at least 4 members (excludes halogenated alkanes) is 7. The van der Waals surface area contributed by atoms with Crippen LogP contribution >= 0.6 is 0 Å². The summed E-state index contributed by atoms with van der Waals surface area (Å²) in [6.07, 6.45) is 9.87. The largest absolute Gasteiger partial charge is 0.490 e. The number of hydrogen-bond donors (Lipinski definition) is 0. The van der Waals surface area contributed by atoms with Crippen molar-refractivity contribution in [1.29, 1.82) is 0 Å². The molecule has 0 heterocycles. The van der Waals surface area contributed by atoms with Crippen LogP contribution in [0.3, 0.4) is 0 Å². The minimum atomic E-state index is -0.419. The van der Waals surface area contributed by atoms with Gasteiger partial charge in [0.25, 0.3) is 5.69 Å². The molecular formula is C23H31NO4. The molecule has 152 valence electrons. The molecule has 5 nitrogen and oxygen atoms in total. The lowest BCUT2D eigenvalue weighted by molar-refractivity contribution is -0.385. The molecule has 0 aliphatic heterocycles. The van der Waals surface area contributed by atoms with Crippen molar-refractivity contribution < 1.29 is 14.4 Å². The molecule has 0 aliphatic carbocycles. The van der Waals surface area contributed by atoms with Crippen LogP contribution in [-0.2, 0) is 6.61 Å². The third kappa shape index (κ3) is 7.99. The number of nitro groups is 1. The SMILES string of the molecule is CCCCCCCCCCOc1ccc([N+](=O)[O-])cc1OCc1ccccc1. The Balaban J connectivity index is 1.82. The first-order valence-corrected chi connectivity index (χ1v) is 10.3. The summed E-state index contributed by atoms with van der Waals surface area (Å²) in [6.45, 7) is 3.16. The zero-order chi connectivity index (χ0) is 20.0. The normalized spacial score (nSPS) is 10.6. The summed E-state index contributed by atoms with van der Waals surface area (Å²) < 4.78 is 11.7. The lowest BCUT2D eigenvalue weighted by atomic mass is 10.1. The summed E-state index contributed by atoms with van der Waals surface area (Å²) in [4.78, 5) is 10.7. The molecule has 0 aliphatic rings. The summed E-state index contributed by atoms with van der Waals surface area (Å²) in [5.41, 5.74) is 1.01. The summed E-state index contributed by atoms with van der Waals surface area (Å²) in [6, 6.07) is 14.2. The zero-order valence-electron chi connectivity index (χ0n) is 16.8. The van der Waals surface area contributed by atoms with E-state index in [0.29, 0.717) is 24.7 Å². The van der Waals surface area contributed by atoms with Gasteiger partial charge in [0.15, 0.2) is 11.5 Å². The number of nitro benzene ring substituents is 1. The summed E-state index contributed by atoms with van der Waals surface area (Å²) in [5, 5.41) is 11.1. The van der Waals surface area contributed by atoms with Crippen molar-refractivity contribution >= 4 is 5.69 Å². The fraction of sp³-hybridized carbons (Fsp3) is 0.478. The Morgan fingerprint density at radius 3 is 2.18 bits per heavy atom. The van der Waals surface area contributed by atoms with Gasteiger partial charge in [-0.15, -0.1) is 0 Å². The molecule has 5 heteroatoms. The maximum Gasteiger partial charge on any atom is 0.273 e. The fourth-order valence-electron chi connectivity index (χ4n) is 3.00. The third-order valence-electron chi connectivity index (χ3n) is 4.63. The quantitative estimate of drug-likeness (QED) is 0.206. The predicted molar refractivity (Wildman–Crippen MR) is 112 cm³/mol. The van der Waals surface area contributed by atoms with E-state index in [-0.39, 0.29) is 5.69 Å². The minimum Gasteiger partial charge on any atom is -0.490 e. The molecule has 0 spiro atoms. The molecule has 0 aromatic heterocycles. The molecule has 2 aromatic carbocycles. The van der Waals surface area contributed by atoms with Crippen molar-refractivity contribution in [3.05, 3.63) is 64.2 Å². The first kappa shape index (κ1) is 21.7. The van der Waals surface area contributed by atoms with Crippen LogP contribution in [0.25, 0.3) is 0 Å². The van der Waals surface area contributed by atoms with E-state index in [1.807, 2.05) is 30.3 Å². The van der Waals surface area contributed by atoms with Crippen LogP contribution in [-0.4, -0.2) is 11.5 Å². The summed E-state index contributed by atoms with van der Waals surface area (Å²) >= 11 is 0. The maximum absolute atomic E-state index is 11.1. The molecule has 0 saturated heterocycles. The Bertz CT molecular complexity index is 703. The van der Waals surface area contributed by atoms with E-state index in [0.717, 1.165) is 18.4 Å². The van der Waals surface area contributed by atoms with Crippen molar-refractivity contribution in [1.82, 2.24) is 0 Å². The van der Waals surface area contributed by atoms with E-state index in [9.17, 15) is 10.1 Å². The molecular weight excluding hydrogens is 354 g/mol. The average molecular weight is 386 g/mol. The molecule has 2 aromatic rings. The van der Waals surface area contributed by atoms with Gasteiger partial charge in [0, 0.05) is 6.07 Å². The number of ether oxygens (including phenoxy) is 2. The lowest BCUT2D eigenvalue weighted by Crippen LogP contribution is -2.02. The maximum atomic E-state index is 11.1. The standard InChI is InChI=1S/C23H31NO4/c1-2-3-4-5-6-7-8-12-17-27-22-16-15-21(24(25)26)18-23(22)28-19-20-13-10-9-11-14-20/h9-11,13-16,18H,2-8,12,17,19H2,1H3. The van der Waals surface area contributed by atoms with Gasteiger partial charge < -0.3 is 9.47 Å². The summed E-state index contributed by atoms with van der Waals surface area (Å²) in [5.74, 6) is 0.974. The molecule has 0 N–H and O–H groups in total. The van der Waals surface area contributed by atoms with Crippen LogP contribution in [0.15, 0.2) is 48.5 Å². The zero-order valence-corrected chi connectivity index (χ0v) is 16.8. The van der Waals surface area contributed by atoms with Gasteiger partial charge in [0.2, 0.25) is 0 Å². The molecule has 0 bridgehead atoms. The van der Waals surface area contributed by atoms with Crippen molar-refractivity contribution in [2.45, 2.75) is 64.9 Å². The monoisotopic (exact) mass is 385 g/mol.